The third kappa shape index (κ3) is 5.19. The number of hydrogen-bond donors (Lipinski definition) is 1. The van der Waals surface area contributed by atoms with E-state index in [2.05, 4.69) is 31.1 Å². The van der Waals surface area contributed by atoms with Crippen molar-refractivity contribution < 1.29 is 8.42 Å². The third-order valence-corrected chi connectivity index (χ3v) is 4.36. The Labute approximate surface area is 116 Å². The Balaban J connectivity index is 2.71. The van der Waals surface area contributed by atoms with E-state index in [0.29, 0.717) is 12.0 Å². The third-order valence-electron chi connectivity index (χ3n) is 3.36. The van der Waals surface area contributed by atoms with Crippen LogP contribution in [0, 0.1) is 5.92 Å². The lowest BCUT2D eigenvalue weighted by Crippen LogP contribution is -2.21. The number of nitrogens with one attached hydrogen (secondary N) is 1. The minimum atomic E-state index is -3.22. The van der Waals surface area contributed by atoms with Crippen molar-refractivity contribution in [3.63, 3.8) is 0 Å². The number of rotatable bonds is 7. The Hall–Kier alpha value is -1.10. The van der Waals surface area contributed by atoms with Gasteiger partial charge < -0.3 is 5.32 Å². The lowest BCUT2D eigenvalue weighted by Gasteiger charge is -2.21. The van der Waals surface area contributed by atoms with Crippen LogP contribution in [0.2, 0.25) is 0 Å². The van der Waals surface area contributed by atoms with Gasteiger partial charge in [-0.05, 0) is 30.9 Å². The molecule has 2 unspecified atom stereocenters. The standard InChI is InChI=1S/C14H24N2O2S/c1-5-11(3)9-12(6-2)16-13-7-8-14(15-10-13)19(4,17)18/h7-8,10-12,16H,5-6,9H2,1-4H3. The van der Waals surface area contributed by atoms with Crippen molar-refractivity contribution in [3.8, 4) is 0 Å². The Morgan fingerprint density at radius 2 is 1.95 bits per heavy atom. The van der Waals surface area contributed by atoms with Gasteiger partial charge in [0.15, 0.2) is 14.9 Å². The molecule has 0 saturated heterocycles. The Kier molecular flexibility index (Phi) is 5.79. The summed E-state index contributed by atoms with van der Waals surface area (Å²) in [5, 5.41) is 3.53. The Morgan fingerprint density at radius 1 is 1.26 bits per heavy atom. The van der Waals surface area contributed by atoms with Crippen LogP contribution in [0.4, 0.5) is 5.69 Å². The van der Waals surface area contributed by atoms with Crippen molar-refractivity contribution >= 4 is 15.5 Å². The van der Waals surface area contributed by atoms with E-state index in [4.69, 9.17) is 0 Å². The molecular formula is C14H24N2O2S. The first kappa shape index (κ1) is 16.0. The first-order valence-electron chi connectivity index (χ1n) is 6.79. The second-order valence-electron chi connectivity index (χ2n) is 5.16. The lowest BCUT2D eigenvalue weighted by molar-refractivity contribution is 0.461. The summed E-state index contributed by atoms with van der Waals surface area (Å²) in [7, 11) is -3.22. The summed E-state index contributed by atoms with van der Waals surface area (Å²) in [6.45, 7) is 6.59. The van der Waals surface area contributed by atoms with Gasteiger partial charge in [0.25, 0.3) is 0 Å². The topological polar surface area (TPSA) is 59.1 Å². The van der Waals surface area contributed by atoms with Gasteiger partial charge in [0.2, 0.25) is 0 Å². The number of hydrogen-bond acceptors (Lipinski definition) is 4. The van der Waals surface area contributed by atoms with Crippen LogP contribution in [0.25, 0.3) is 0 Å². The number of sulfone groups is 1. The molecule has 0 fully saturated rings. The van der Waals surface area contributed by atoms with E-state index < -0.39 is 9.84 Å². The molecule has 0 amide bonds. The van der Waals surface area contributed by atoms with Gasteiger partial charge in [0.1, 0.15) is 0 Å². The summed E-state index contributed by atoms with van der Waals surface area (Å²) >= 11 is 0. The number of pyridine rings is 1. The molecule has 0 radical (unpaired) electrons. The second-order valence-corrected chi connectivity index (χ2v) is 7.12. The highest BCUT2D eigenvalue weighted by Gasteiger charge is 2.12. The first-order chi connectivity index (χ1) is 8.86. The van der Waals surface area contributed by atoms with Crippen LogP contribution in [0.1, 0.15) is 40.0 Å². The zero-order valence-electron chi connectivity index (χ0n) is 12.2. The molecule has 19 heavy (non-hydrogen) atoms. The molecule has 0 aliphatic heterocycles. The molecule has 0 aromatic carbocycles. The van der Waals surface area contributed by atoms with Gasteiger partial charge in [0, 0.05) is 12.3 Å². The quantitative estimate of drug-likeness (QED) is 0.835. The predicted octanol–water partition coefficient (Wildman–Crippen LogP) is 3.11. The smallest absolute Gasteiger partial charge is 0.192 e. The molecule has 0 spiro atoms. The van der Waals surface area contributed by atoms with Crippen LogP contribution in [0.15, 0.2) is 23.4 Å². The second kappa shape index (κ2) is 6.89. The molecule has 1 aromatic heterocycles. The van der Waals surface area contributed by atoms with Gasteiger partial charge >= 0.3 is 0 Å². The maximum Gasteiger partial charge on any atom is 0.192 e. The average Bonchev–Trinajstić information content (AvgIpc) is 2.37. The molecule has 1 rings (SSSR count). The maximum atomic E-state index is 11.3. The van der Waals surface area contributed by atoms with E-state index in [1.54, 1.807) is 18.3 Å². The zero-order valence-corrected chi connectivity index (χ0v) is 13.0. The highest BCUT2D eigenvalue weighted by molar-refractivity contribution is 7.90. The minimum Gasteiger partial charge on any atom is -0.381 e. The Bertz CT molecular complexity index is 483. The highest BCUT2D eigenvalue weighted by Crippen LogP contribution is 2.17. The number of anilines is 1. The van der Waals surface area contributed by atoms with E-state index in [0.717, 1.165) is 18.5 Å². The maximum absolute atomic E-state index is 11.3. The summed E-state index contributed by atoms with van der Waals surface area (Å²) in [5.41, 5.74) is 0.877. The van der Waals surface area contributed by atoms with Gasteiger partial charge in [-0.2, -0.15) is 0 Å². The van der Waals surface area contributed by atoms with Crippen molar-refractivity contribution in [3.05, 3.63) is 18.3 Å². The van der Waals surface area contributed by atoms with Gasteiger partial charge in [-0.25, -0.2) is 13.4 Å². The largest absolute Gasteiger partial charge is 0.381 e. The van der Waals surface area contributed by atoms with Crippen LogP contribution in [-0.2, 0) is 9.84 Å². The van der Waals surface area contributed by atoms with Gasteiger partial charge in [-0.3, -0.25) is 0 Å². The van der Waals surface area contributed by atoms with Crippen LogP contribution >= 0.6 is 0 Å². The molecule has 0 aliphatic rings. The monoisotopic (exact) mass is 284 g/mol. The van der Waals surface area contributed by atoms with E-state index in [-0.39, 0.29) is 5.03 Å². The van der Waals surface area contributed by atoms with Crippen molar-refractivity contribution in [2.45, 2.75) is 51.1 Å². The summed E-state index contributed by atoms with van der Waals surface area (Å²) in [6.07, 6.45) is 6.08. The summed E-state index contributed by atoms with van der Waals surface area (Å²) in [4.78, 5) is 3.99. The molecule has 1 N–H and O–H groups in total. The summed E-state index contributed by atoms with van der Waals surface area (Å²) in [6, 6.07) is 3.73. The molecule has 1 heterocycles. The van der Waals surface area contributed by atoms with Crippen LogP contribution in [0.5, 0.6) is 0 Å². The number of nitrogens with zero attached hydrogens (tertiary/aromatic N) is 1. The molecule has 108 valence electrons. The number of aromatic nitrogens is 1. The average molecular weight is 284 g/mol. The van der Waals surface area contributed by atoms with Gasteiger partial charge in [-0.15, -0.1) is 0 Å². The molecule has 1 aromatic rings. The fourth-order valence-electron chi connectivity index (χ4n) is 1.90. The van der Waals surface area contributed by atoms with Crippen LogP contribution in [0.3, 0.4) is 0 Å². The van der Waals surface area contributed by atoms with Gasteiger partial charge in [0.05, 0.1) is 11.9 Å². The molecule has 0 bridgehead atoms. The molecular weight excluding hydrogens is 260 g/mol. The van der Waals surface area contributed by atoms with Crippen molar-refractivity contribution in [1.29, 1.82) is 0 Å². The van der Waals surface area contributed by atoms with E-state index in [1.807, 2.05) is 0 Å². The molecule has 2 atom stereocenters. The fourth-order valence-corrected chi connectivity index (χ4v) is 2.46. The molecule has 0 aliphatic carbocycles. The SMILES string of the molecule is CCC(C)CC(CC)Nc1ccc(S(C)(=O)=O)nc1. The van der Waals surface area contributed by atoms with Crippen LogP contribution in [-0.4, -0.2) is 25.7 Å². The molecule has 5 heteroatoms. The molecule has 4 nitrogen and oxygen atoms in total. The highest BCUT2D eigenvalue weighted by atomic mass is 32.2. The normalized spacial score (nSPS) is 14.9. The van der Waals surface area contributed by atoms with Crippen molar-refractivity contribution in [1.82, 2.24) is 4.98 Å². The first-order valence-corrected chi connectivity index (χ1v) is 8.68. The van der Waals surface area contributed by atoms with Crippen molar-refractivity contribution in [2.75, 3.05) is 11.6 Å². The zero-order chi connectivity index (χ0) is 14.5. The van der Waals surface area contributed by atoms with Crippen LogP contribution < -0.4 is 5.32 Å². The lowest BCUT2D eigenvalue weighted by atomic mass is 9.98. The summed E-state index contributed by atoms with van der Waals surface area (Å²) in [5.74, 6) is 0.681. The minimum absolute atomic E-state index is 0.119. The Morgan fingerprint density at radius 3 is 2.37 bits per heavy atom. The van der Waals surface area contributed by atoms with Crippen molar-refractivity contribution in [2.24, 2.45) is 5.92 Å². The van der Waals surface area contributed by atoms with E-state index in [9.17, 15) is 8.42 Å². The van der Waals surface area contributed by atoms with Gasteiger partial charge in [-0.1, -0.05) is 27.2 Å². The predicted molar refractivity (Wildman–Crippen MR) is 79.1 cm³/mol. The molecule has 0 saturated carbocycles. The van der Waals surface area contributed by atoms with E-state index in [1.165, 1.54) is 12.7 Å². The van der Waals surface area contributed by atoms with E-state index >= 15 is 0 Å². The summed E-state index contributed by atoms with van der Waals surface area (Å²) < 4.78 is 22.6. The fraction of sp³-hybridized carbons (Fsp3) is 0.643.